The van der Waals surface area contributed by atoms with Crippen LogP contribution in [0.3, 0.4) is 0 Å². The van der Waals surface area contributed by atoms with Gasteiger partial charge >= 0.3 is 0 Å². The van der Waals surface area contributed by atoms with Gasteiger partial charge in [0.25, 0.3) is 0 Å². The molecule has 1 aliphatic carbocycles. The Bertz CT molecular complexity index is 1360. The predicted octanol–water partition coefficient (Wildman–Crippen LogP) is 3.51. The number of rotatable bonds is 7. The van der Waals surface area contributed by atoms with Crippen molar-refractivity contribution in [3.8, 4) is 5.75 Å². The van der Waals surface area contributed by atoms with Gasteiger partial charge in [0, 0.05) is 39.3 Å². The monoisotopic (exact) mass is 567 g/mol. The largest absolute Gasteiger partial charge is 0.497 e. The van der Waals surface area contributed by atoms with Crippen LogP contribution in [0.1, 0.15) is 36.8 Å². The van der Waals surface area contributed by atoms with Crippen molar-refractivity contribution in [3.05, 3.63) is 65.7 Å². The Hall–Kier alpha value is -3.72. The number of hydrazone groups is 1. The molecule has 9 heteroatoms. The third-order valence-corrected chi connectivity index (χ3v) is 9.53. The van der Waals surface area contributed by atoms with E-state index in [0.29, 0.717) is 12.5 Å². The Morgan fingerprint density at radius 2 is 1.69 bits per heavy atom. The number of hydrogen-bond acceptors (Lipinski definition) is 8. The van der Waals surface area contributed by atoms with Crippen molar-refractivity contribution in [1.82, 2.24) is 19.7 Å². The number of guanidine groups is 1. The second-order valence-electron chi connectivity index (χ2n) is 12.2. The predicted molar refractivity (Wildman–Crippen MR) is 165 cm³/mol. The molecule has 42 heavy (non-hydrogen) atoms. The highest BCUT2D eigenvalue weighted by Crippen LogP contribution is 2.40. The fraction of sp³-hybridized carbons (Fsp3) is 0.515. The number of likely N-dealkylation sites (tertiary alicyclic amines) is 1. The summed E-state index contributed by atoms with van der Waals surface area (Å²) in [5.41, 5.74) is 3.78. The number of ether oxygens (including phenoxy) is 1. The molecule has 3 fully saturated rings. The van der Waals surface area contributed by atoms with Crippen LogP contribution in [0.15, 0.2) is 69.7 Å². The molecular weight excluding hydrogens is 526 g/mol. The zero-order chi connectivity index (χ0) is 28.5. The van der Waals surface area contributed by atoms with Crippen LogP contribution >= 0.6 is 0 Å². The van der Waals surface area contributed by atoms with Gasteiger partial charge in [0.2, 0.25) is 11.9 Å². The number of aliphatic imine (C=N–C) groups is 2. The van der Waals surface area contributed by atoms with E-state index >= 15 is 0 Å². The van der Waals surface area contributed by atoms with E-state index in [9.17, 15) is 4.79 Å². The third kappa shape index (κ3) is 5.54. The second-order valence-corrected chi connectivity index (χ2v) is 12.2. The lowest BCUT2D eigenvalue weighted by Gasteiger charge is -2.40. The number of carbonyl (C=O) groups excluding carboxylic acids is 1. The highest BCUT2D eigenvalue weighted by atomic mass is 16.5. The average Bonchev–Trinajstić information content (AvgIpc) is 3.69. The Labute approximate surface area is 248 Å². The Morgan fingerprint density at radius 3 is 2.43 bits per heavy atom. The van der Waals surface area contributed by atoms with E-state index in [1.54, 1.807) is 7.11 Å². The maximum absolute atomic E-state index is 12.7. The minimum absolute atomic E-state index is 0.123. The first-order chi connectivity index (χ1) is 20.6. The molecule has 0 aromatic heterocycles. The molecule has 5 aliphatic rings. The smallest absolute Gasteiger partial charge is 0.236 e. The number of methoxy groups -OCH3 is 1. The van der Waals surface area contributed by atoms with Gasteiger partial charge in [-0.25, -0.2) is 10.0 Å². The van der Waals surface area contributed by atoms with Crippen LogP contribution in [-0.2, 0) is 17.8 Å². The van der Waals surface area contributed by atoms with E-state index in [1.807, 2.05) is 4.90 Å². The van der Waals surface area contributed by atoms with Crippen LogP contribution in [0, 0.1) is 11.8 Å². The van der Waals surface area contributed by atoms with Crippen molar-refractivity contribution in [2.24, 2.45) is 26.9 Å². The molecule has 1 saturated carbocycles. The quantitative estimate of drug-likeness (QED) is 0.512. The van der Waals surface area contributed by atoms with Gasteiger partial charge in [-0.3, -0.25) is 9.69 Å². The van der Waals surface area contributed by atoms with Gasteiger partial charge in [-0.1, -0.05) is 42.5 Å². The van der Waals surface area contributed by atoms with Crippen LogP contribution in [0.4, 0.5) is 0 Å². The van der Waals surface area contributed by atoms with Gasteiger partial charge in [0.05, 0.1) is 37.9 Å². The fourth-order valence-electron chi connectivity index (χ4n) is 7.16. The number of carbonyl (C=O) groups is 1. The molecule has 2 aromatic rings. The van der Waals surface area contributed by atoms with Gasteiger partial charge in [-0.05, 0) is 61.3 Å². The van der Waals surface area contributed by atoms with E-state index in [4.69, 9.17) is 19.8 Å². The molecule has 220 valence electrons. The topological polar surface area (TPSA) is 76.3 Å². The van der Waals surface area contributed by atoms with Gasteiger partial charge in [0.1, 0.15) is 11.6 Å². The summed E-state index contributed by atoms with van der Waals surface area (Å²) in [4.78, 5) is 30.0. The Balaban J connectivity index is 1.11. The van der Waals surface area contributed by atoms with Crippen molar-refractivity contribution in [1.29, 1.82) is 0 Å². The molecule has 1 amide bonds. The summed E-state index contributed by atoms with van der Waals surface area (Å²) in [6.07, 6.45) is 5.30. The minimum atomic E-state index is 0.123. The first-order valence-electron chi connectivity index (χ1n) is 15.6. The average molecular weight is 568 g/mol. The van der Waals surface area contributed by atoms with Gasteiger partial charge in [-0.2, -0.15) is 10.1 Å². The van der Waals surface area contributed by atoms with Crippen LogP contribution in [-0.4, -0.2) is 102 Å². The molecule has 9 nitrogen and oxygen atoms in total. The molecule has 2 saturated heterocycles. The van der Waals surface area contributed by atoms with Crippen molar-refractivity contribution in [3.63, 3.8) is 0 Å². The number of piperazine rings is 1. The Morgan fingerprint density at radius 1 is 0.929 bits per heavy atom. The lowest BCUT2D eigenvalue weighted by molar-refractivity contribution is -0.131. The van der Waals surface area contributed by atoms with E-state index in [2.05, 4.69) is 69.4 Å². The van der Waals surface area contributed by atoms with Crippen molar-refractivity contribution < 1.29 is 9.53 Å². The van der Waals surface area contributed by atoms with Crippen LogP contribution in [0.2, 0.25) is 0 Å². The maximum atomic E-state index is 12.7. The number of amidine groups is 1. The molecule has 2 aromatic carbocycles. The van der Waals surface area contributed by atoms with Crippen molar-refractivity contribution in [2.45, 2.75) is 44.7 Å². The summed E-state index contributed by atoms with van der Waals surface area (Å²) in [7, 11) is 1.71. The standard InChI is InChI=1S/C33H41N7O2/c1-42-27-12-9-24(10-13-27)21-26-11-14-28-30-31(26)34-33(35-32(30)40(36-28)22-25-7-3-2-4-8-25)39-19-17-37(18-20-39)23-29(41)38-15-5-6-16-38/h2-4,7-10,12-13,26,30-31H,5-6,11,14-23H2,1H3. The number of hydrogen-bond donors (Lipinski definition) is 0. The minimum Gasteiger partial charge on any atom is -0.497 e. The molecule has 4 heterocycles. The fourth-order valence-corrected chi connectivity index (χ4v) is 7.16. The van der Waals surface area contributed by atoms with Crippen molar-refractivity contribution >= 4 is 23.4 Å². The molecule has 4 aliphatic heterocycles. The molecule has 3 atom stereocenters. The van der Waals surface area contributed by atoms with E-state index in [0.717, 1.165) is 95.5 Å². The van der Waals surface area contributed by atoms with Crippen molar-refractivity contribution in [2.75, 3.05) is 52.9 Å². The Kier molecular flexibility index (Phi) is 7.67. The summed E-state index contributed by atoms with van der Waals surface area (Å²) in [5.74, 6) is 3.61. The van der Waals surface area contributed by atoms with Gasteiger partial charge in [-0.15, -0.1) is 0 Å². The summed E-state index contributed by atoms with van der Waals surface area (Å²) in [6, 6.07) is 19.1. The molecule has 0 radical (unpaired) electrons. The maximum Gasteiger partial charge on any atom is 0.236 e. The van der Waals surface area contributed by atoms with Crippen LogP contribution in [0.5, 0.6) is 5.75 Å². The van der Waals surface area contributed by atoms with E-state index in [1.165, 1.54) is 16.8 Å². The first kappa shape index (κ1) is 27.1. The normalized spacial score (nSPS) is 25.6. The summed E-state index contributed by atoms with van der Waals surface area (Å²) in [6.45, 7) is 6.42. The van der Waals surface area contributed by atoms with Gasteiger partial charge in [0.15, 0.2) is 0 Å². The summed E-state index contributed by atoms with van der Waals surface area (Å²) >= 11 is 0. The van der Waals surface area contributed by atoms with Gasteiger partial charge < -0.3 is 14.5 Å². The molecule has 0 spiro atoms. The number of nitrogens with zero attached hydrogens (tertiary/aromatic N) is 7. The third-order valence-electron chi connectivity index (χ3n) is 9.53. The zero-order valence-corrected chi connectivity index (χ0v) is 24.6. The highest BCUT2D eigenvalue weighted by molar-refractivity contribution is 6.15. The molecule has 0 bridgehead atoms. The van der Waals surface area contributed by atoms with Crippen LogP contribution < -0.4 is 4.74 Å². The summed E-state index contributed by atoms with van der Waals surface area (Å²) in [5, 5.41) is 7.27. The lowest BCUT2D eigenvalue weighted by Crippen LogP contribution is -2.53. The van der Waals surface area contributed by atoms with Crippen LogP contribution in [0.25, 0.3) is 0 Å². The second kappa shape index (κ2) is 11.9. The molecule has 0 N–H and O–H groups in total. The first-order valence-corrected chi connectivity index (χ1v) is 15.6. The molecule has 3 unspecified atom stereocenters. The number of benzene rings is 2. The SMILES string of the molecule is COc1ccc(CC2CCC3=NN(Cc4ccccc4)C4=NC(N5CCN(CC(=O)N6CCCC6)CC5)=NC2C34)cc1. The molecular formula is C33H41N7O2. The van der Waals surface area contributed by atoms with E-state index < -0.39 is 0 Å². The zero-order valence-electron chi connectivity index (χ0n) is 24.6. The summed E-state index contributed by atoms with van der Waals surface area (Å²) < 4.78 is 5.39. The number of amides is 1. The molecule has 7 rings (SSSR count). The van der Waals surface area contributed by atoms with E-state index in [-0.39, 0.29) is 17.9 Å². The highest BCUT2D eigenvalue weighted by Gasteiger charge is 2.48. The lowest BCUT2D eigenvalue weighted by atomic mass is 9.73.